The number of alkyl halides is 2. The highest BCUT2D eigenvalue weighted by Gasteiger charge is 2.00. The second-order valence-electron chi connectivity index (χ2n) is 3.81. The lowest BCUT2D eigenvalue weighted by Crippen LogP contribution is -2.20. The van der Waals surface area contributed by atoms with E-state index in [4.69, 9.17) is 4.74 Å². The molecule has 1 aromatic rings. The van der Waals surface area contributed by atoms with E-state index in [-0.39, 0.29) is 0 Å². The number of nitrogens with one attached hydrogen (secondary N) is 1. The Bertz CT molecular complexity index is 301. The number of halogens is 2. The molecule has 0 saturated heterocycles. The summed E-state index contributed by atoms with van der Waals surface area (Å²) in [6, 6.07) is 8.35. The molecule has 0 amide bonds. The highest BCUT2D eigenvalue weighted by atomic mass is 19.3. The molecule has 1 aromatic carbocycles. The minimum absolute atomic E-state index is 0.317. The second kappa shape index (κ2) is 8.14. The number of benzene rings is 1. The fraction of sp³-hybridized carbons (Fsp3) is 0.538. The van der Waals surface area contributed by atoms with E-state index >= 15 is 0 Å². The van der Waals surface area contributed by atoms with Crippen molar-refractivity contribution in [2.45, 2.75) is 26.3 Å². The first-order valence-electron chi connectivity index (χ1n) is 5.86. The number of ether oxygens (including phenoxy) is 1. The number of hydrogen-bond acceptors (Lipinski definition) is 2. The van der Waals surface area contributed by atoms with Crippen molar-refractivity contribution in [2.24, 2.45) is 0 Å². The first-order chi connectivity index (χ1) is 8.22. The monoisotopic (exact) mass is 243 g/mol. The summed E-state index contributed by atoms with van der Waals surface area (Å²) in [6.45, 7) is 3.28. The van der Waals surface area contributed by atoms with Gasteiger partial charge in [0.1, 0.15) is 6.61 Å². The molecule has 0 aliphatic rings. The molecule has 1 N–H and O–H groups in total. The fourth-order valence-corrected chi connectivity index (χ4v) is 1.44. The van der Waals surface area contributed by atoms with Crippen LogP contribution in [0, 0.1) is 0 Å². The standard InChI is InChI=1S/C13H19F2NO/c1-2-11-3-5-12(6-4-11)9-16-7-8-17-10-13(14)15/h3-6,13,16H,2,7-10H2,1H3. The van der Waals surface area contributed by atoms with Gasteiger partial charge in [0.25, 0.3) is 6.43 Å². The van der Waals surface area contributed by atoms with Gasteiger partial charge in [0.05, 0.1) is 6.61 Å². The zero-order valence-electron chi connectivity index (χ0n) is 10.1. The van der Waals surface area contributed by atoms with E-state index in [0.29, 0.717) is 13.2 Å². The molecular formula is C13H19F2NO. The maximum absolute atomic E-state index is 11.7. The summed E-state index contributed by atoms with van der Waals surface area (Å²) >= 11 is 0. The summed E-state index contributed by atoms with van der Waals surface area (Å²) in [5, 5.41) is 3.14. The molecule has 0 heterocycles. The number of hydrogen-bond donors (Lipinski definition) is 1. The van der Waals surface area contributed by atoms with Crippen LogP contribution < -0.4 is 5.32 Å². The van der Waals surface area contributed by atoms with E-state index in [2.05, 4.69) is 36.5 Å². The average molecular weight is 243 g/mol. The zero-order chi connectivity index (χ0) is 12.5. The Morgan fingerprint density at radius 2 is 1.82 bits per heavy atom. The van der Waals surface area contributed by atoms with Gasteiger partial charge in [-0.3, -0.25) is 0 Å². The molecule has 0 unspecified atom stereocenters. The van der Waals surface area contributed by atoms with Crippen molar-refractivity contribution in [3.05, 3.63) is 35.4 Å². The van der Waals surface area contributed by atoms with Gasteiger partial charge in [-0.1, -0.05) is 31.2 Å². The lowest BCUT2D eigenvalue weighted by Gasteiger charge is -2.06. The minimum Gasteiger partial charge on any atom is -0.374 e. The van der Waals surface area contributed by atoms with E-state index in [9.17, 15) is 8.78 Å². The van der Waals surface area contributed by atoms with Gasteiger partial charge in [-0.05, 0) is 17.5 Å². The normalized spacial score (nSPS) is 11.1. The minimum atomic E-state index is -2.38. The summed E-state index contributed by atoms with van der Waals surface area (Å²) in [6.07, 6.45) is -1.34. The molecule has 17 heavy (non-hydrogen) atoms. The Labute approximate surface area is 101 Å². The molecule has 4 heteroatoms. The lowest BCUT2D eigenvalue weighted by molar-refractivity contribution is 0.0187. The molecule has 2 nitrogen and oxygen atoms in total. The van der Waals surface area contributed by atoms with Crippen LogP contribution in [0.2, 0.25) is 0 Å². The summed E-state index contributed by atoms with van der Waals surface area (Å²) < 4.78 is 28.2. The summed E-state index contributed by atoms with van der Waals surface area (Å²) in [5.41, 5.74) is 2.50. The maximum atomic E-state index is 11.7. The molecule has 0 fully saturated rings. The third kappa shape index (κ3) is 6.34. The van der Waals surface area contributed by atoms with Crippen molar-refractivity contribution in [2.75, 3.05) is 19.8 Å². The molecular weight excluding hydrogens is 224 g/mol. The van der Waals surface area contributed by atoms with Gasteiger partial charge >= 0.3 is 0 Å². The van der Waals surface area contributed by atoms with Crippen LogP contribution in [0.15, 0.2) is 24.3 Å². The average Bonchev–Trinajstić information content (AvgIpc) is 2.34. The van der Waals surface area contributed by atoms with Crippen LogP contribution in [0.3, 0.4) is 0 Å². The predicted molar refractivity (Wildman–Crippen MR) is 64.3 cm³/mol. The second-order valence-corrected chi connectivity index (χ2v) is 3.81. The molecule has 96 valence electrons. The Morgan fingerprint density at radius 1 is 1.18 bits per heavy atom. The molecule has 0 spiro atoms. The first-order valence-corrected chi connectivity index (χ1v) is 5.86. The largest absolute Gasteiger partial charge is 0.374 e. The van der Waals surface area contributed by atoms with E-state index in [1.54, 1.807) is 0 Å². The predicted octanol–water partition coefficient (Wildman–Crippen LogP) is 2.62. The van der Waals surface area contributed by atoms with Crippen LogP contribution in [0.5, 0.6) is 0 Å². The highest BCUT2D eigenvalue weighted by Crippen LogP contribution is 2.04. The Balaban J connectivity index is 2.09. The smallest absolute Gasteiger partial charge is 0.261 e. The van der Waals surface area contributed by atoms with Crippen molar-refractivity contribution in [3.8, 4) is 0 Å². The van der Waals surface area contributed by atoms with Gasteiger partial charge < -0.3 is 10.1 Å². The summed E-state index contributed by atoms with van der Waals surface area (Å²) in [7, 11) is 0. The van der Waals surface area contributed by atoms with Gasteiger partial charge in [-0.2, -0.15) is 0 Å². The summed E-state index contributed by atoms with van der Waals surface area (Å²) in [4.78, 5) is 0. The van der Waals surface area contributed by atoms with Crippen LogP contribution in [-0.2, 0) is 17.7 Å². The van der Waals surface area contributed by atoms with Crippen LogP contribution in [0.1, 0.15) is 18.1 Å². The topological polar surface area (TPSA) is 21.3 Å². The van der Waals surface area contributed by atoms with E-state index < -0.39 is 13.0 Å². The quantitative estimate of drug-likeness (QED) is 0.709. The third-order valence-electron chi connectivity index (χ3n) is 2.43. The molecule has 1 rings (SSSR count). The molecule has 0 aliphatic carbocycles. The van der Waals surface area contributed by atoms with Crippen molar-refractivity contribution in [1.82, 2.24) is 5.32 Å². The van der Waals surface area contributed by atoms with Crippen LogP contribution >= 0.6 is 0 Å². The van der Waals surface area contributed by atoms with Gasteiger partial charge in [-0.25, -0.2) is 8.78 Å². The number of rotatable bonds is 8. The lowest BCUT2D eigenvalue weighted by atomic mass is 10.1. The molecule has 0 saturated carbocycles. The Kier molecular flexibility index (Phi) is 6.74. The van der Waals surface area contributed by atoms with Crippen molar-refractivity contribution < 1.29 is 13.5 Å². The van der Waals surface area contributed by atoms with Crippen molar-refractivity contribution in [1.29, 1.82) is 0 Å². The van der Waals surface area contributed by atoms with Gasteiger partial charge in [0.15, 0.2) is 0 Å². The van der Waals surface area contributed by atoms with E-state index in [0.717, 1.165) is 13.0 Å². The van der Waals surface area contributed by atoms with Gasteiger partial charge in [0, 0.05) is 13.1 Å². The molecule has 0 aromatic heterocycles. The van der Waals surface area contributed by atoms with E-state index in [1.165, 1.54) is 11.1 Å². The zero-order valence-corrected chi connectivity index (χ0v) is 10.1. The van der Waals surface area contributed by atoms with Crippen molar-refractivity contribution >= 4 is 0 Å². The maximum Gasteiger partial charge on any atom is 0.261 e. The Morgan fingerprint density at radius 3 is 2.41 bits per heavy atom. The first kappa shape index (κ1) is 14.1. The molecule has 0 atom stereocenters. The molecule has 0 radical (unpaired) electrons. The molecule has 0 bridgehead atoms. The number of aryl methyl sites for hydroxylation is 1. The van der Waals surface area contributed by atoms with Gasteiger partial charge in [0.2, 0.25) is 0 Å². The SMILES string of the molecule is CCc1ccc(CNCCOCC(F)F)cc1. The summed E-state index contributed by atoms with van der Waals surface area (Å²) in [5.74, 6) is 0. The van der Waals surface area contributed by atoms with Gasteiger partial charge in [-0.15, -0.1) is 0 Å². The molecule has 0 aliphatic heterocycles. The van der Waals surface area contributed by atoms with E-state index in [1.807, 2.05) is 0 Å². The fourth-order valence-electron chi connectivity index (χ4n) is 1.44. The Hall–Kier alpha value is -1.00. The van der Waals surface area contributed by atoms with Crippen LogP contribution in [-0.4, -0.2) is 26.2 Å². The highest BCUT2D eigenvalue weighted by molar-refractivity contribution is 5.22. The van der Waals surface area contributed by atoms with Crippen molar-refractivity contribution in [3.63, 3.8) is 0 Å². The third-order valence-corrected chi connectivity index (χ3v) is 2.43. The van der Waals surface area contributed by atoms with Crippen LogP contribution in [0.25, 0.3) is 0 Å². The van der Waals surface area contributed by atoms with Crippen LogP contribution in [0.4, 0.5) is 8.78 Å².